The van der Waals surface area contributed by atoms with Gasteiger partial charge < -0.3 is 10.2 Å². The maximum Gasteiger partial charge on any atom is 0.417 e. The van der Waals surface area contributed by atoms with Crippen molar-refractivity contribution in [2.45, 2.75) is 50.8 Å². The number of hydrogen-bond donors (Lipinski definition) is 2. The SMILES string of the molecule is Cc1nc2ccccc2cc1CC(O)(CC(C)(C)c1cc(F)ccc1O)C(F)(F)F. The van der Waals surface area contributed by atoms with Gasteiger partial charge in [0.05, 0.1) is 5.52 Å². The number of nitrogens with zero attached hydrogens (tertiary/aromatic N) is 1. The molecule has 0 aliphatic carbocycles. The number of hydrogen-bond acceptors (Lipinski definition) is 3. The van der Waals surface area contributed by atoms with Crippen molar-refractivity contribution in [3.05, 3.63) is 71.2 Å². The molecule has 7 heteroatoms. The molecule has 0 spiro atoms. The first-order valence-electron chi connectivity index (χ1n) is 9.46. The van der Waals surface area contributed by atoms with Crippen LogP contribution in [0.1, 0.15) is 37.1 Å². The number of benzene rings is 2. The van der Waals surface area contributed by atoms with Gasteiger partial charge >= 0.3 is 6.18 Å². The molecule has 0 amide bonds. The highest BCUT2D eigenvalue weighted by atomic mass is 19.4. The summed E-state index contributed by atoms with van der Waals surface area (Å²) in [6.45, 7) is 4.47. The first kappa shape index (κ1) is 22.0. The molecule has 3 nitrogen and oxygen atoms in total. The topological polar surface area (TPSA) is 53.4 Å². The molecule has 0 aliphatic heterocycles. The molecule has 0 fully saturated rings. The zero-order valence-corrected chi connectivity index (χ0v) is 16.9. The van der Waals surface area contributed by atoms with Crippen molar-refractivity contribution in [1.29, 1.82) is 0 Å². The summed E-state index contributed by atoms with van der Waals surface area (Å²) in [6, 6.07) is 11.8. The van der Waals surface area contributed by atoms with E-state index in [2.05, 4.69) is 4.98 Å². The van der Waals surface area contributed by atoms with E-state index >= 15 is 0 Å². The highest BCUT2D eigenvalue weighted by molar-refractivity contribution is 5.79. The van der Waals surface area contributed by atoms with Gasteiger partial charge in [-0.2, -0.15) is 13.2 Å². The fraction of sp³-hybridized carbons (Fsp3) is 0.348. The van der Waals surface area contributed by atoms with Gasteiger partial charge in [-0.15, -0.1) is 0 Å². The van der Waals surface area contributed by atoms with E-state index in [1.165, 1.54) is 13.8 Å². The number of fused-ring (bicyclic) bond motifs is 1. The van der Waals surface area contributed by atoms with E-state index in [-0.39, 0.29) is 16.9 Å². The molecule has 30 heavy (non-hydrogen) atoms. The molecule has 2 aromatic carbocycles. The molecule has 0 bridgehead atoms. The van der Waals surface area contributed by atoms with E-state index < -0.39 is 35.9 Å². The average molecular weight is 421 g/mol. The highest BCUT2D eigenvalue weighted by Crippen LogP contribution is 2.45. The minimum absolute atomic E-state index is 0.00136. The zero-order chi connectivity index (χ0) is 22.3. The van der Waals surface area contributed by atoms with E-state index in [1.807, 2.05) is 0 Å². The van der Waals surface area contributed by atoms with Crippen molar-refractivity contribution < 1.29 is 27.8 Å². The van der Waals surface area contributed by atoms with Gasteiger partial charge in [-0.05, 0) is 54.7 Å². The largest absolute Gasteiger partial charge is 0.508 e. The summed E-state index contributed by atoms with van der Waals surface area (Å²) in [5, 5.41) is 21.6. The Hall–Kier alpha value is -2.67. The Morgan fingerprint density at radius 1 is 1.00 bits per heavy atom. The van der Waals surface area contributed by atoms with Gasteiger partial charge in [-0.1, -0.05) is 32.0 Å². The Bertz CT molecular complexity index is 1080. The Morgan fingerprint density at radius 3 is 2.33 bits per heavy atom. The van der Waals surface area contributed by atoms with E-state index in [0.29, 0.717) is 16.6 Å². The molecule has 1 heterocycles. The van der Waals surface area contributed by atoms with Gasteiger partial charge in [0.15, 0.2) is 5.60 Å². The standard InChI is InChI=1S/C23H23F4NO2/c1-14-16(10-15-6-4-5-7-19(15)28-14)12-22(30,23(25,26)27)13-21(2,3)18-11-17(24)8-9-20(18)29/h4-11,29-30H,12-13H2,1-3H3. The summed E-state index contributed by atoms with van der Waals surface area (Å²) in [7, 11) is 0. The van der Waals surface area contributed by atoms with Crippen molar-refractivity contribution in [3.8, 4) is 5.75 Å². The van der Waals surface area contributed by atoms with Crippen LogP contribution in [-0.4, -0.2) is 27.0 Å². The molecule has 3 aromatic rings. The summed E-state index contributed by atoms with van der Waals surface area (Å²) in [4.78, 5) is 4.35. The quantitative estimate of drug-likeness (QED) is 0.528. The highest BCUT2D eigenvalue weighted by Gasteiger charge is 2.56. The lowest BCUT2D eigenvalue weighted by Crippen LogP contribution is -2.51. The van der Waals surface area contributed by atoms with Crippen molar-refractivity contribution in [3.63, 3.8) is 0 Å². The Morgan fingerprint density at radius 2 is 1.67 bits per heavy atom. The van der Waals surface area contributed by atoms with Gasteiger partial charge in [-0.25, -0.2) is 4.39 Å². The van der Waals surface area contributed by atoms with E-state index in [9.17, 15) is 27.8 Å². The molecular weight excluding hydrogens is 398 g/mol. The van der Waals surface area contributed by atoms with Crippen LogP contribution in [0.4, 0.5) is 17.6 Å². The second-order valence-corrected chi connectivity index (χ2v) is 8.35. The molecule has 0 radical (unpaired) electrons. The van der Waals surface area contributed by atoms with Crippen LogP contribution in [0.2, 0.25) is 0 Å². The first-order chi connectivity index (χ1) is 13.8. The summed E-state index contributed by atoms with van der Waals surface area (Å²) in [5.41, 5.74) is -3.16. The average Bonchev–Trinajstić information content (AvgIpc) is 2.63. The number of aromatic hydroxyl groups is 1. The third-order valence-corrected chi connectivity index (χ3v) is 5.45. The van der Waals surface area contributed by atoms with Crippen molar-refractivity contribution >= 4 is 10.9 Å². The Balaban J connectivity index is 2.03. The number of aliphatic hydroxyl groups is 1. The third-order valence-electron chi connectivity index (χ3n) is 5.45. The van der Waals surface area contributed by atoms with Crippen molar-refractivity contribution in [1.82, 2.24) is 4.98 Å². The van der Waals surface area contributed by atoms with Crippen molar-refractivity contribution in [2.24, 2.45) is 0 Å². The number of phenolic OH excluding ortho intramolecular Hbond substituents is 1. The van der Waals surface area contributed by atoms with E-state index in [0.717, 1.165) is 18.2 Å². The third kappa shape index (κ3) is 4.26. The van der Waals surface area contributed by atoms with Gasteiger partial charge in [0.2, 0.25) is 0 Å². The number of aryl methyl sites for hydroxylation is 1. The molecule has 1 atom stereocenters. The molecule has 0 aliphatic rings. The maximum atomic E-state index is 14.1. The summed E-state index contributed by atoms with van der Waals surface area (Å²) in [6.07, 6.45) is -6.43. The minimum Gasteiger partial charge on any atom is -0.508 e. The van der Waals surface area contributed by atoms with Crippen LogP contribution in [0.15, 0.2) is 48.5 Å². The number of aromatic nitrogens is 1. The second kappa shape index (κ2) is 7.54. The number of halogens is 4. The monoisotopic (exact) mass is 421 g/mol. The normalized spacial score (nSPS) is 14.7. The lowest BCUT2D eigenvalue weighted by atomic mass is 9.72. The van der Waals surface area contributed by atoms with Crippen LogP contribution < -0.4 is 0 Å². The van der Waals surface area contributed by atoms with E-state index in [4.69, 9.17) is 0 Å². The van der Waals surface area contributed by atoms with Crippen LogP contribution in [0, 0.1) is 12.7 Å². The van der Waals surface area contributed by atoms with Crippen molar-refractivity contribution in [2.75, 3.05) is 0 Å². The molecule has 2 N–H and O–H groups in total. The number of phenols is 1. The molecule has 3 rings (SSSR count). The lowest BCUT2D eigenvalue weighted by molar-refractivity contribution is -0.266. The smallest absolute Gasteiger partial charge is 0.417 e. The number of pyridine rings is 1. The number of rotatable bonds is 5. The summed E-state index contributed by atoms with van der Waals surface area (Å²) in [5.74, 6) is -1.00. The Labute approximate surface area is 172 Å². The molecule has 0 saturated heterocycles. The maximum absolute atomic E-state index is 14.1. The predicted molar refractivity (Wildman–Crippen MR) is 107 cm³/mol. The Kier molecular flexibility index (Phi) is 5.54. The van der Waals surface area contributed by atoms with Crippen LogP contribution in [-0.2, 0) is 11.8 Å². The minimum atomic E-state index is -4.95. The fourth-order valence-corrected chi connectivity index (χ4v) is 3.89. The predicted octanol–water partition coefficient (Wildman–Crippen LogP) is 5.59. The van der Waals surface area contributed by atoms with Gasteiger partial charge in [0.25, 0.3) is 0 Å². The first-order valence-corrected chi connectivity index (χ1v) is 9.46. The summed E-state index contributed by atoms with van der Waals surface area (Å²) < 4.78 is 55.9. The molecule has 1 aromatic heterocycles. The molecular formula is C23H23F4NO2. The van der Waals surface area contributed by atoms with Gasteiger partial charge in [0, 0.05) is 23.1 Å². The lowest BCUT2D eigenvalue weighted by Gasteiger charge is -2.38. The summed E-state index contributed by atoms with van der Waals surface area (Å²) >= 11 is 0. The molecule has 1 unspecified atom stereocenters. The number of alkyl halides is 3. The molecule has 0 saturated carbocycles. The van der Waals surface area contributed by atoms with Crippen LogP contribution in [0.25, 0.3) is 10.9 Å². The van der Waals surface area contributed by atoms with Gasteiger partial charge in [-0.3, -0.25) is 4.98 Å². The van der Waals surface area contributed by atoms with Crippen LogP contribution in [0.3, 0.4) is 0 Å². The molecule has 160 valence electrons. The van der Waals surface area contributed by atoms with Crippen LogP contribution >= 0.6 is 0 Å². The second-order valence-electron chi connectivity index (χ2n) is 8.35. The number of para-hydroxylation sites is 1. The van der Waals surface area contributed by atoms with Gasteiger partial charge in [0.1, 0.15) is 11.6 Å². The van der Waals surface area contributed by atoms with Crippen LogP contribution in [0.5, 0.6) is 5.75 Å². The fourth-order valence-electron chi connectivity index (χ4n) is 3.89. The van der Waals surface area contributed by atoms with E-state index in [1.54, 1.807) is 37.3 Å². The zero-order valence-electron chi connectivity index (χ0n) is 16.9.